The van der Waals surface area contributed by atoms with E-state index in [9.17, 15) is 27.9 Å². The van der Waals surface area contributed by atoms with Gasteiger partial charge in [-0.3, -0.25) is 0 Å². The fourth-order valence-electron chi connectivity index (χ4n) is 3.92. The number of carboxylic acids is 1. The molecule has 1 aliphatic rings. The molecule has 1 amide bonds. The predicted molar refractivity (Wildman–Crippen MR) is 124 cm³/mol. The molecule has 1 heterocycles. The molecule has 0 bridgehead atoms. The molecule has 0 radical (unpaired) electrons. The van der Waals surface area contributed by atoms with Crippen LogP contribution in [-0.2, 0) is 22.1 Å². The number of carbonyl (C=O) groups excluding carboxylic acids is 1. The second kappa shape index (κ2) is 10.6. The number of amides is 1. The fourth-order valence-corrected chi connectivity index (χ4v) is 3.92. The molecule has 6 nitrogen and oxygen atoms in total. The van der Waals surface area contributed by atoms with Gasteiger partial charge in [0.1, 0.15) is 5.75 Å². The number of aliphatic carboxylic acids is 1. The molecule has 3 rings (SSSR count). The van der Waals surface area contributed by atoms with Gasteiger partial charge in [0.2, 0.25) is 0 Å². The Hall–Kier alpha value is -3.23. The summed E-state index contributed by atoms with van der Waals surface area (Å²) < 4.78 is 49.2. The Morgan fingerprint density at radius 3 is 2.43 bits per heavy atom. The van der Waals surface area contributed by atoms with Crippen molar-refractivity contribution in [1.82, 2.24) is 4.90 Å². The molecular formula is C26H30F3NO5. The van der Waals surface area contributed by atoms with E-state index in [0.717, 1.165) is 36.1 Å². The van der Waals surface area contributed by atoms with Crippen molar-refractivity contribution in [3.05, 3.63) is 64.7 Å². The number of aryl methyl sites for hydroxylation is 1. The fraction of sp³-hybridized carbons (Fsp3) is 0.462. The molecule has 2 aromatic carbocycles. The van der Waals surface area contributed by atoms with E-state index in [1.807, 2.05) is 25.1 Å². The van der Waals surface area contributed by atoms with Gasteiger partial charge in [-0.15, -0.1) is 0 Å². The zero-order valence-electron chi connectivity index (χ0n) is 20.0. The van der Waals surface area contributed by atoms with Gasteiger partial charge < -0.3 is 19.5 Å². The lowest BCUT2D eigenvalue weighted by Gasteiger charge is -2.33. The first-order chi connectivity index (χ1) is 16.4. The van der Waals surface area contributed by atoms with Crippen LogP contribution in [0.5, 0.6) is 5.75 Å². The lowest BCUT2D eigenvalue weighted by molar-refractivity contribution is -0.152. The third-order valence-electron chi connectivity index (χ3n) is 6.14. The summed E-state index contributed by atoms with van der Waals surface area (Å²) in [5, 5.41) is 9.37. The summed E-state index contributed by atoms with van der Waals surface area (Å²) >= 11 is 0. The van der Waals surface area contributed by atoms with Crippen molar-refractivity contribution < 1.29 is 37.3 Å². The first kappa shape index (κ1) is 26.4. The lowest BCUT2D eigenvalue weighted by Crippen LogP contribution is -2.40. The predicted octanol–water partition coefficient (Wildman–Crippen LogP) is 5.81. The number of rotatable bonds is 7. The molecule has 9 heteroatoms. The van der Waals surface area contributed by atoms with Crippen LogP contribution >= 0.6 is 0 Å². The van der Waals surface area contributed by atoms with Crippen LogP contribution in [0.25, 0.3) is 0 Å². The van der Waals surface area contributed by atoms with E-state index in [2.05, 4.69) is 0 Å². The highest BCUT2D eigenvalue weighted by Gasteiger charge is 2.32. The summed E-state index contributed by atoms with van der Waals surface area (Å²) in [5.41, 5.74) is 0.332. The van der Waals surface area contributed by atoms with Gasteiger partial charge in [0.15, 0.2) is 5.60 Å². The molecule has 190 valence electrons. The maximum atomic E-state index is 12.7. The quantitative estimate of drug-likeness (QED) is 0.527. The highest BCUT2D eigenvalue weighted by Crippen LogP contribution is 2.33. The lowest BCUT2D eigenvalue weighted by atomic mass is 9.90. The summed E-state index contributed by atoms with van der Waals surface area (Å²) in [4.78, 5) is 25.7. The second-order valence-corrected chi connectivity index (χ2v) is 9.29. The van der Waals surface area contributed by atoms with Gasteiger partial charge in [0.05, 0.1) is 12.2 Å². The molecule has 1 saturated heterocycles. The first-order valence-corrected chi connectivity index (χ1v) is 11.5. The number of likely N-dealkylation sites (tertiary alicyclic amines) is 1. The number of carboxylic acid groups (broad SMARTS) is 1. The molecule has 0 aromatic heterocycles. The standard InChI is InChI=1S/C26H30F3NO5/c1-17-6-9-19(15-22(17)35-25(2,3)23(31)32)20-5-4-13-30(16-20)24(33)34-14-12-18-7-10-21(11-8-18)26(27,28)29/h6-11,15,20H,4-5,12-14,16H2,1-3H3,(H,31,32)/t20-/m0/s1. The van der Waals surface area contributed by atoms with Crippen molar-refractivity contribution in [3.8, 4) is 5.75 Å². The monoisotopic (exact) mass is 493 g/mol. The highest BCUT2D eigenvalue weighted by molar-refractivity contribution is 5.76. The number of halogens is 3. The van der Waals surface area contributed by atoms with E-state index < -0.39 is 29.4 Å². The van der Waals surface area contributed by atoms with Gasteiger partial charge in [-0.1, -0.05) is 24.3 Å². The minimum atomic E-state index is -4.38. The van der Waals surface area contributed by atoms with Crippen LogP contribution in [0.4, 0.5) is 18.0 Å². The zero-order chi connectivity index (χ0) is 25.8. The summed E-state index contributed by atoms with van der Waals surface area (Å²) in [6.45, 7) is 5.90. The molecule has 1 aliphatic heterocycles. The van der Waals surface area contributed by atoms with Crippen molar-refractivity contribution in [3.63, 3.8) is 0 Å². The van der Waals surface area contributed by atoms with Crippen LogP contribution in [0.15, 0.2) is 42.5 Å². The van der Waals surface area contributed by atoms with Crippen molar-refractivity contribution in [1.29, 1.82) is 0 Å². The maximum Gasteiger partial charge on any atom is 0.416 e. The average Bonchev–Trinajstić information content (AvgIpc) is 2.80. The summed E-state index contributed by atoms with van der Waals surface area (Å²) in [7, 11) is 0. The Morgan fingerprint density at radius 2 is 1.80 bits per heavy atom. The largest absolute Gasteiger partial charge is 0.478 e. The summed E-state index contributed by atoms with van der Waals surface area (Å²) in [5.74, 6) is -0.529. The maximum absolute atomic E-state index is 12.7. The molecule has 35 heavy (non-hydrogen) atoms. The van der Waals surface area contributed by atoms with Crippen LogP contribution in [0.2, 0.25) is 0 Å². The topological polar surface area (TPSA) is 76.1 Å². The molecule has 1 N–H and O–H groups in total. The molecular weight excluding hydrogens is 463 g/mol. The highest BCUT2D eigenvalue weighted by atomic mass is 19.4. The van der Waals surface area contributed by atoms with E-state index in [4.69, 9.17) is 9.47 Å². The van der Waals surface area contributed by atoms with E-state index in [1.165, 1.54) is 26.0 Å². The number of alkyl halides is 3. The van der Waals surface area contributed by atoms with Gasteiger partial charge in [0, 0.05) is 25.4 Å². The summed E-state index contributed by atoms with van der Waals surface area (Å²) in [6, 6.07) is 10.5. The number of benzene rings is 2. The molecule has 1 fully saturated rings. The Balaban J connectivity index is 1.57. The zero-order valence-corrected chi connectivity index (χ0v) is 20.0. The molecule has 1 atom stereocenters. The number of carbonyl (C=O) groups is 2. The number of nitrogens with zero attached hydrogens (tertiary/aromatic N) is 1. The van der Waals surface area contributed by atoms with Gasteiger partial charge in [-0.05, 0) is 68.5 Å². The first-order valence-electron chi connectivity index (χ1n) is 11.5. The van der Waals surface area contributed by atoms with Crippen molar-refractivity contribution in [2.24, 2.45) is 0 Å². The van der Waals surface area contributed by atoms with Gasteiger partial charge in [0.25, 0.3) is 0 Å². The normalized spacial score (nSPS) is 16.6. The molecule has 2 aromatic rings. The van der Waals surface area contributed by atoms with E-state index >= 15 is 0 Å². The van der Waals surface area contributed by atoms with Crippen molar-refractivity contribution in [2.45, 2.75) is 57.7 Å². The van der Waals surface area contributed by atoms with E-state index in [1.54, 1.807) is 4.90 Å². The minimum Gasteiger partial charge on any atom is -0.478 e. The van der Waals surface area contributed by atoms with Crippen LogP contribution in [0.3, 0.4) is 0 Å². The Bertz CT molecular complexity index is 1050. The van der Waals surface area contributed by atoms with E-state index in [-0.39, 0.29) is 12.5 Å². The smallest absolute Gasteiger partial charge is 0.416 e. The van der Waals surface area contributed by atoms with Crippen LogP contribution in [0.1, 0.15) is 54.9 Å². The number of ether oxygens (including phenoxy) is 2. The molecule has 0 aliphatic carbocycles. The van der Waals surface area contributed by atoms with Crippen LogP contribution in [0, 0.1) is 6.92 Å². The summed E-state index contributed by atoms with van der Waals surface area (Å²) in [6.07, 6.45) is -2.88. The molecule has 0 saturated carbocycles. The third kappa shape index (κ3) is 6.90. The van der Waals surface area contributed by atoms with Gasteiger partial charge in [-0.2, -0.15) is 13.2 Å². The van der Waals surface area contributed by atoms with Crippen molar-refractivity contribution >= 4 is 12.1 Å². The van der Waals surface area contributed by atoms with Crippen molar-refractivity contribution in [2.75, 3.05) is 19.7 Å². The van der Waals surface area contributed by atoms with Gasteiger partial charge >= 0.3 is 18.2 Å². The molecule has 0 unspecified atom stereocenters. The SMILES string of the molecule is Cc1ccc([C@H]2CCCN(C(=O)OCCc3ccc(C(F)(F)F)cc3)C2)cc1OC(C)(C)C(=O)O. The number of piperidine rings is 1. The Labute approximate surface area is 202 Å². The second-order valence-electron chi connectivity index (χ2n) is 9.29. The van der Waals surface area contributed by atoms with E-state index in [0.29, 0.717) is 30.8 Å². The third-order valence-corrected chi connectivity index (χ3v) is 6.14. The number of hydrogen-bond donors (Lipinski definition) is 1. The Kier molecular flexibility index (Phi) is 7.97. The average molecular weight is 494 g/mol. The van der Waals surface area contributed by atoms with Gasteiger partial charge in [-0.25, -0.2) is 9.59 Å². The van der Waals surface area contributed by atoms with Crippen LogP contribution < -0.4 is 4.74 Å². The molecule has 0 spiro atoms. The minimum absolute atomic E-state index is 0.0436. The number of hydrogen-bond acceptors (Lipinski definition) is 4. The van der Waals surface area contributed by atoms with Crippen LogP contribution in [-0.4, -0.2) is 47.4 Å². The Morgan fingerprint density at radius 1 is 1.11 bits per heavy atom.